The van der Waals surface area contributed by atoms with E-state index in [1.807, 2.05) is 18.2 Å². The average Bonchev–Trinajstić information content (AvgIpc) is 3.14. The maximum atomic E-state index is 9.32. The van der Waals surface area contributed by atoms with Crippen LogP contribution in [0.15, 0.2) is 29.4 Å². The average molecular weight is 444 g/mol. The van der Waals surface area contributed by atoms with E-state index in [1.54, 1.807) is 6.07 Å². The van der Waals surface area contributed by atoms with Crippen molar-refractivity contribution in [1.82, 2.24) is 19.5 Å². The third-order valence-electron chi connectivity index (χ3n) is 5.60. The molecule has 0 unspecified atom stereocenters. The lowest BCUT2D eigenvalue weighted by Crippen LogP contribution is -2.19. The van der Waals surface area contributed by atoms with Crippen LogP contribution >= 0.6 is 11.6 Å². The highest BCUT2D eigenvalue weighted by Crippen LogP contribution is 2.33. The highest BCUT2D eigenvalue weighted by Gasteiger charge is 2.23. The van der Waals surface area contributed by atoms with Crippen molar-refractivity contribution >= 4 is 34.5 Å². The molecule has 0 bridgehead atoms. The number of anilines is 1. The molecule has 0 aliphatic heterocycles. The van der Waals surface area contributed by atoms with Crippen LogP contribution in [0.2, 0.25) is 5.02 Å². The van der Waals surface area contributed by atoms with Crippen LogP contribution in [0.4, 0.5) is 5.95 Å². The molecule has 1 aliphatic carbocycles. The molecule has 2 aromatic heterocycles. The van der Waals surface area contributed by atoms with Crippen molar-refractivity contribution in [2.24, 2.45) is 16.8 Å². The quantitative estimate of drug-likeness (QED) is 0.190. The molecule has 9 nitrogen and oxygen atoms in total. The Morgan fingerprint density at radius 2 is 2.03 bits per heavy atom. The lowest BCUT2D eigenvalue weighted by atomic mass is 9.89. The largest absolute Gasteiger partial charge is 0.409 e. The Morgan fingerprint density at radius 3 is 2.74 bits per heavy atom. The van der Waals surface area contributed by atoms with Crippen LogP contribution in [0.3, 0.4) is 0 Å². The van der Waals surface area contributed by atoms with Gasteiger partial charge in [-0.05, 0) is 30.9 Å². The van der Waals surface area contributed by atoms with E-state index in [0.717, 1.165) is 30.5 Å². The molecule has 1 aromatic carbocycles. The van der Waals surface area contributed by atoms with E-state index in [-0.39, 0.29) is 18.3 Å². The van der Waals surface area contributed by atoms with E-state index in [1.165, 1.54) is 19.3 Å². The molecule has 1 saturated carbocycles. The number of nitrogens with two attached hydrogens (primary N) is 1. The summed E-state index contributed by atoms with van der Waals surface area (Å²) in [7, 11) is 0. The molecule has 0 spiro atoms. The van der Waals surface area contributed by atoms with Crippen LogP contribution in [-0.2, 0) is 6.54 Å². The number of benzene rings is 1. The van der Waals surface area contributed by atoms with E-state index in [2.05, 4.69) is 30.0 Å². The molecule has 4 rings (SSSR count). The van der Waals surface area contributed by atoms with Gasteiger partial charge in [0.25, 0.3) is 0 Å². The number of hydrogen-bond donors (Lipinski definition) is 4. The molecule has 1 aliphatic rings. The number of rotatable bonds is 7. The summed E-state index contributed by atoms with van der Waals surface area (Å²) in [6.45, 7) is 1.11. The fourth-order valence-electron chi connectivity index (χ4n) is 4.14. The molecule has 2 heterocycles. The number of hydrogen-bond acceptors (Lipinski definition) is 7. The van der Waals surface area contributed by atoms with Crippen LogP contribution in [0.5, 0.6) is 0 Å². The van der Waals surface area contributed by atoms with Crippen molar-refractivity contribution in [2.75, 3.05) is 18.5 Å². The summed E-state index contributed by atoms with van der Waals surface area (Å²) in [6.07, 6.45) is 6.05. The number of imidazole rings is 1. The van der Waals surface area contributed by atoms with Crippen LogP contribution in [0.25, 0.3) is 22.4 Å². The van der Waals surface area contributed by atoms with Gasteiger partial charge in [0.1, 0.15) is 11.2 Å². The molecule has 3 aromatic rings. The first kappa shape index (κ1) is 21.3. The number of aliphatic hydroxyl groups is 1. The van der Waals surface area contributed by atoms with Gasteiger partial charge in [-0.3, -0.25) is 0 Å². The van der Waals surface area contributed by atoms with Gasteiger partial charge in [0.05, 0.1) is 6.61 Å². The Hall–Kier alpha value is -2.91. The van der Waals surface area contributed by atoms with E-state index in [4.69, 9.17) is 22.5 Å². The molecule has 0 atom stereocenters. The minimum Gasteiger partial charge on any atom is -0.409 e. The number of nitrogens with one attached hydrogen (secondary N) is 1. The number of nitrogens with zero attached hydrogens (tertiary/aromatic N) is 5. The molecule has 0 amide bonds. The topological polar surface area (TPSA) is 134 Å². The third-order valence-corrected chi connectivity index (χ3v) is 5.83. The minimum atomic E-state index is -0.197. The molecule has 31 heavy (non-hydrogen) atoms. The normalized spacial score (nSPS) is 15.5. The van der Waals surface area contributed by atoms with E-state index >= 15 is 0 Å². The third kappa shape index (κ3) is 4.57. The summed E-state index contributed by atoms with van der Waals surface area (Å²) in [5.74, 6) is 1.03. The number of amidine groups is 1. The fraction of sp³-hybridized carbons (Fsp3) is 0.429. The Balaban J connectivity index is 1.93. The van der Waals surface area contributed by atoms with Crippen molar-refractivity contribution in [1.29, 1.82) is 0 Å². The molecule has 5 N–H and O–H groups in total. The Bertz CT molecular complexity index is 1090. The Kier molecular flexibility index (Phi) is 6.53. The van der Waals surface area contributed by atoms with Gasteiger partial charge in [0.2, 0.25) is 17.6 Å². The van der Waals surface area contributed by atoms with Crippen LogP contribution in [0.1, 0.15) is 37.9 Å². The summed E-state index contributed by atoms with van der Waals surface area (Å²) in [5, 5.41) is 25.3. The van der Waals surface area contributed by atoms with Gasteiger partial charge in [-0.1, -0.05) is 48.2 Å². The highest BCUT2D eigenvalue weighted by molar-refractivity contribution is 6.30. The summed E-state index contributed by atoms with van der Waals surface area (Å²) in [6, 6.07) is 7.36. The van der Waals surface area contributed by atoms with Gasteiger partial charge in [-0.15, -0.1) is 0 Å². The molecule has 164 valence electrons. The second-order valence-corrected chi connectivity index (χ2v) is 8.20. The van der Waals surface area contributed by atoms with Gasteiger partial charge in [-0.2, -0.15) is 4.98 Å². The second kappa shape index (κ2) is 9.49. The number of oxime groups is 1. The van der Waals surface area contributed by atoms with Crippen molar-refractivity contribution in [2.45, 2.75) is 38.6 Å². The van der Waals surface area contributed by atoms with E-state index in [9.17, 15) is 5.11 Å². The summed E-state index contributed by atoms with van der Waals surface area (Å²) in [5.41, 5.74) is 8.38. The molecular formula is C21H26ClN7O2. The zero-order valence-electron chi connectivity index (χ0n) is 17.1. The second-order valence-electron chi connectivity index (χ2n) is 7.76. The first-order chi connectivity index (χ1) is 15.1. The molecule has 1 fully saturated rings. The maximum absolute atomic E-state index is 9.32. The Labute approximate surface area is 185 Å². The monoisotopic (exact) mass is 443 g/mol. The van der Waals surface area contributed by atoms with E-state index in [0.29, 0.717) is 34.8 Å². The Morgan fingerprint density at radius 1 is 1.23 bits per heavy atom. The van der Waals surface area contributed by atoms with Gasteiger partial charge in [-0.25, -0.2) is 9.97 Å². The lowest BCUT2D eigenvalue weighted by molar-refractivity contribution is 0.309. The predicted molar refractivity (Wildman–Crippen MR) is 120 cm³/mol. The predicted octanol–water partition coefficient (Wildman–Crippen LogP) is 3.23. The van der Waals surface area contributed by atoms with Crippen LogP contribution < -0.4 is 11.1 Å². The highest BCUT2D eigenvalue weighted by atomic mass is 35.5. The van der Waals surface area contributed by atoms with Crippen LogP contribution in [0, 0.1) is 5.92 Å². The number of fused-ring (bicyclic) bond motifs is 1. The first-order valence-corrected chi connectivity index (χ1v) is 10.9. The van der Waals surface area contributed by atoms with Crippen molar-refractivity contribution in [3.8, 4) is 11.3 Å². The number of aromatic nitrogens is 4. The van der Waals surface area contributed by atoms with Gasteiger partial charge < -0.3 is 25.9 Å². The minimum absolute atomic E-state index is 0.0190. The molecular weight excluding hydrogens is 418 g/mol. The number of halogens is 1. The SMILES string of the molecule is N/C(=N\O)c1nc(-c2cccc(Cl)c2)c2c(n1)nc(NCCO)n2CC1CCCCC1. The maximum Gasteiger partial charge on any atom is 0.208 e. The van der Waals surface area contributed by atoms with Crippen molar-refractivity contribution in [3.05, 3.63) is 35.1 Å². The van der Waals surface area contributed by atoms with Gasteiger partial charge in [0.15, 0.2) is 5.65 Å². The number of aliphatic hydroxyl groups excluding tert-OH is 1. The van der Waals surface area contributed by atoms with Gasteiger partial charge in [0, 0.05) is 23.7 Å². The summed E-state index contributed by atoms with van der Waals surface area (Å²) >= 11 is 6.25. The van der Waals surface area contributed by atoms with Crippen LogP contribution in [-0.4, -0.2) is 48.8 Å². The lowest BCUT2D eigenvalue weighted by Gasteiger charge is -2.23. The van der Waals surface area contributed by atoms with Gasteiger partial charge >= 0.3 is 0 Å². The smallest absolute Gasteiger partial charge is 0.208 e. The zero-order chi connectivity index (χ0) is 21.8. The molecule has 10 heteroatoms. The molecule has 0 radical (unpaired) electrons. The zero-order valence-corrected chi connectivity index (χ0v) is 17.9. The van der Waals surface area contributed by atoms with E-state index < -0.39 is 0 Å². The fourth-order valence-corrected chi connectivity index (χ4v) is 4.33. The molecule has 0 saturated heterocycles. The summed E-state index contributed by atoms with van der Waals surface area (Å²) < 4.78 is 2.09. The van der Waals surface area contributed by atoms with Crippen molar-refractivity contribution < 1.29 is 10.3 Å². The summed E-state index contributed by atoms with van der Waals surface area (Å²) in [4.78, 5) is 13.7. The van der Waals surface area contributed by atoms with Crippen molar-refractivity contribution in [3.63, 3.8) is 0 Å². The first-order valence-electron chi connectivity index (χ1n) is 10.5. The standard InChI is InChI=1S/C21H26ClN7O2/c22-15-8-4-7-14(11-15)16-17-19(26-20(25-16)18(23)28-31)27-21(24-9-10-30)29(17)12-13-5-2-1-3-6-13/h4,7-8,11,13,30-31H,1-3,5-6,9-10,12H2,(H2,23,28)(H,24,25,26,27).